The van der Waals surface area contributed by atoms with Gasteiger partial charge in [-0.1, -0.05) is 42.5 Å². The number of likely N-dealkylation sites (tertiary alicyclic amines) is 1. The number of benzene rings is 2. The Balaban J connectivity index is 0.00000304. The Morgan fingerprint density at radius 1 is 1.08 bits per heavy atom. The molecule has 1 aliphatic carbocycles. The van der Waals surface area contributed by atoms with Gasteiger partial charge in [0.05, 0.1) is 0 Å². The van der Waals surface area contributed by atoms with Crippen LogP contribution in [-0.2, 0) is 27.8 Å². The van der Waals surface area contributed by atoms with Gasteiger partial charge in [0.25, 0.3) is 0 Å². The molecule has 1 fully saturated rings. The fourth-order valence-corrected chi connectivity index (χ4v) is 6.04. The SMILES string of the molecule is CC(C)(N)CC(=O)N[C@H](Cc1c[nH]c2ccccc12)C(=O)N1CCC2(CCc3ccccc32)CC1.Cl. The Kier molecular flexibility index (Phi) is 7.48. The largest absolute Gasteiger partial charge is 0.361 e. The second kappa shape index (κ2) is 10.3. The topological polar surface area (TPSA) is 91.2 Å². The minimum absolute atomic E-state index is 0. The number of halogens is 1. The number of nitrogens with two attached hydrogens (primary N) is 1. The minimum Gasteiger partial charge on any atom is -0.361 e. The standard InChI is InChI=1S/C29H36N4O2.ClH/c1-28(2,30)18-26(34)32-25(17-21-19-31-24-10-6-4-8-22(21)24)27(35)33-15-13-29(14-16-33)12-11-20-7-3-5-9-23(20)29;/h3-10,19,25,31H,11-18,30H2,1-2H3,(H,32,34);1H/t25-;/m1./s1. The van der Waals surface area contributed by atoms with Crippen molar-refractivity contribution in [2.45, 2.75) is 69.4 Å². The zero-order chi connectivity index (χ0) is 24.6. The van der Waals surface area contributed by atoms with Crippen LogP contribution in [-0.4, -0.2) is 46.4 Å². The Labute approximate surface area is 219 Å². The summed E-state index contributed by atoms with van der Waals surface area (Å²) in [5.74, 6) is -0.187. The molecule has 192 valence electrons. The van der Waals surface area contributed by atoms with Crippen molar-refractivity contribution in [1.29, 1.82) is 0 Å². The number of nitrogens with one attached hydrogen (secondary N) is 2. The number of H-pyrrole nitrogens is 1. The van der Waals surface area contributed by atoms with E-state index in [1.807, 2.05) is 43.1 Å². The maximum Gasteiger partial charge on any atom is 0.245 e. The van der Waals surface area contributed by atoms with Crippen molar-refractivity contribution in [2.24, 2.45) is 5.73 Å². The van der Waals surface area contributed by atoms with E-state index in [-0.39, 0.29) is 36.1 Å². The zero-order valence-electron chi connectivity index (χ0n) is 21.2. The monoisotopic (exact) mass is 508 g/mol. The molecule has 1 spiro atoms. The lowest BCUT2D eigenvalue weighted by Crippen LogP contribution is -2.54. The van der Waals surface area contributed by atoms with Gasteiger partial charge in [-0.15, -0.1) is 12.4 Å². The van der Waals surface area contributed by atoms with Crippen molar-refractivity contribution >= 4 is 35.1 Å². The van der Waals surface area contributed by atoms with E-state index in [4.69, 9.17) is 5.73 Å². The van der Waals surface area contributed by atoms with Crippen molar-refractivity contribution in [2.75, 3.05) is 13.1 Å². The van der Waals surface area contributed by atoms with Crippen LogP contribution in [0.2, 0.25) is 0 Å². The van der Waals surface area contributed by atoms with Crippen LogP contribution in [0.25, 0.3) is 10.9 Å². The molecule has 5 rings (SSSR count). The molecule has 2 amide bonds. The number of carbonyl (C=O) groups is 2. The summed E-state index contributed by atoms with van der Waals surface area (Å²) in [7, 11) is 0. The van der Waals surface area contributed by atoms with Gasteiger partial charge in [-0.2, -0.15) is 0 Å². The van der Waals surface area contributed by atoms with Crippen molar-refractivity contribution in [3.05, 3.63) is 71.4 Å². The lowest BCUT2D eigenvalue weighted by atomic mass is 9.74. The molecule has 7 heteroatoms. The van der Waals surface area contributed by atoms with Gasteiger partial charge >= 0.3 is 0 Å². The van der Waals surface area contributed by atoms with Gasteiger partial charge in [-0.25, -0.2) is 0 Å². The number of fused-ring (bicyclic) bond motifs is 3. The zero-order valence-corrected chi connectivity index (χ0v) is 22.0. The van der Waals surface area contributed by atoms with E-state index in [9.17, 15) is 9.59 Å². The number of aryl methyl sites for hydroxylation is 1. The molecule has 3 aromatic rings. The molecule has 4 N–H and O–H groups in total. The van der Waals surface area contributed by atoms with Crippen LogP contribution in [0.1, 0.15) is 56.2 Å². The molecular formula is C29H37ClN4O2. The molecule has 2 aromatic carbocycles. The van der Waals surface area contributed by atoms with Gasteiger partial charge in [0.15, 0.2) is 0 Å². The number of nitrogens with zero attached hydrogens (tertiary/aromatic N) is 1. The number of aromatic amines is 1. The average Bonchev–Trinajstić information content (AvgIpc) is 3.40. The summed E-state index contributed by atoms with van der Waals surface area (Å²) < 4.78 is 0. The van der Waals surface area contributed by atoms with E-state index in [2.05, 4.69) is 40.6 Å². The number of hydrogen-bond donors (Lipinski definition) is 3. The van der Waals surface area contributed by atoms with Crippen LogP contribution >= 0.6 is 12.4 Å². The van der Waals surface area contributed by atoms with Gasteiger partial charge in [-0.3, -0.25) is 9.59 Å². The first-order valence-electron chi connectivity index (χ1n) is 12.7. The summed E-state index contributed by atoms with van der Waals surface area (Å²) in [5, 5.41) is 4.11. The van der Waals surface area contributed by atoms with Gasteiger partial charge in [-0.05, 0) is 67.7 Å². The van der Waals surface area contributed by atoms with Crippen molar-refractivity contribution in [3.63, 3.8) is 0 Å². The summed E-state index contributed by atoms with van der Waals surface area (Å²) in [4.78, 5) is 31.8. The highest BCUT2D eigenvalue weighted by atomic mass is 35.5. The molecule has 0 saturated carbocycles. The quantitative estimate of drug-likeness (QED) is 0.465. The Morgan fingerprint density at radius 3 is 2.53 bits per heavy atom. The minimum atomic E-state index is -0.633. The van der Waals surface area contributed by atoms with Crippen LogP contribution in [0.5, 0.6) is 0 Å². The first-order chi connectivity index (χ1) is 16.7. The number of carbonyl (C=O) groups excluding carboxylic acids is 2. The maximum absolute atomic E-state index is 13.8. The van der Waals surface area contributed by atoms with E-state index >= 15 is 0 Å². The molecular weight excluding hydrogens is 472 g/mol. The van der Waals surface area contributed by atoms with Crippen LogP contribution in [0, 0.1) is 0 Å². The highest BCUT2D eigenvalue weighted by Crippen LogP contribution is 2.46. The van der Waals surface area contributed by atoms with E-state index in [1.165, 1.54) is 11.1 Å². The molecule has 0 unspecified atom stereocenters. The smallest absolute Gasteiger partial charge is 0.245 e. The lowest BCUT2D eigenvalue weighted by Gasteiger charge is -2.41. The van der Waals surface area contributed by atoms with Crippen molar-refractivity contribution in [3.8, 4) is 0 Å². The van der Waals surface area contributed by atoms with E-state index in [0.717, 1.165) is 55.2 Å². The Bertz CT molecular complexity index is 1240. The first-order valence-corrected chi connectivity index (χ1v) is 12.7. The third kappa shape index (κ3) is 5.30. The molecule has 1 aromatic heterocycles. The predicted octanol–water partition coefficient (Wildman–Crippen LogP) is 4.25. The molecule has 1 atom stereocenters. The van der Waals surface area contributed by atoms with Gasteiger partial charge < -0.3 is 20.9 Å². The van der Waals surface area contributed by atoms with Crippen molar-refractivity contribution < 1.29 is 9.59 Å². The summed E-state index contributed by atoms with van der Waals surface area (Å²) >= 11 is 0. The molecule has 0 bridgehead atoms. The van der Waals surface area contributed by atoms with Crippen molar-refractivity contribution in [1.82, 2.24) is 15.2 Å². The fraction of sp³-hybridized carbons (Fsp3) is 0.448. The molecule has 1 saturated heterocycles. The fourth-order valence-electron chi connectivity index (χ4n) is 6.04. The van der Waals surface area contributed by atoms with E-state index < -0.39 is 11.6 Å². The van der Waals surface area contributed by atoms with E-state index in [1.54, 1.807) is 0 Å². The molecule has 36 heavy (non-hydrogen) atoms. The number of aromatic nitrogens is 1. The highest BCUT2D eigenvalue weighted by molar-refractivity contribution is 5.90. The normalized spacial score (nSPS) is 17.5. The molecule has 1 aliphatic heterocycles. The summed E-state index contributed by atoms with van der Waals surface area (Å²) in [6.45, 7) is 5.09. The summed E-state index contributed by atoms with van der Waals surface area (Å²) in [5.41, 5.74) is 10.6. The number of rotatable bonds is 6. The number of piperidine rings is 1. The first kappa shape index (κ1) is 26.2. The maximum atomic E-state index is 13.8. The van der Waals surface area contributed by atoms with Gasteiger partial charge in [0, 0.05) is 48.6 Å². The van der Waals surface area contributed by atoms with Crippen LogP contribution in [0.15, 0.2) is 54.7 Å². The molecule has 2 aliphatic rings. The Hall–Kier alpha value is -2.83. The predicted molar refractivity (Wildman–Crippen MR) is 146 cm³/mol. The number of para-hydroxylation sites is 1. The third-order valence-corrected chi connectivity index (χ3v) is 7.84. The van der Waals surface area contributed by atoms with E-state index in [0.29, 0.717) is 6.42 Å². The molecule has 2 heterocycles. The van der Waals surface area contributed by atoms with Crippen LogP contribution < -0.4 is 11.1 Å². The molecule has 6 nitrogen and oxygen atoms in total. The number of amides is 2. The Morgan fingerprint density at radius 2 is 1.78 bits per heavy atom. The summed E-state index contributed by atoms with van der Waals surface area (Å²) in [6, 6.07) is 16.2. The van der Waals surface area contributed by atoms with Gasteiger partial charge in [0.2, 0.25) is 11.8 Å². The third-order valence-electron chi connectivity index (χ3n) is 7.84. The van der Waals surface area contributed by atoms with Crippen LogP contribution in [0.4, 0.5) is 0 Å². The number of hydrogen-bond acceptors (Lipinski definition) is 3. The average molecular weight is 509 g/mol. The van der Waals surface area contributed by atoms with Gasteiger partial charge in [0.1, 0.15) is 6.04 Å². The second-order valence-electron chi connectivity index (χ2n) is 11.1. The lowest BCUT2D eigenvalue weighted by molar-refractivity contribution is -0.138. The molecule has 0 radical (unpaired) electrons. The highest BCUT2D eigenvalue weighted by Gasteiger charge is 2.42. The summed E-state index contributed by atoms with van der Waals surface area (Å²) in [6.07, 6.45) is 6.80. The van der Waals surface area contributed by atoms with Crippen LogP contribution in [0.3, 0.4) is 0 Å². The second-order valence-corrected chi connectivity index (χ2v) is 11.1.